The Hall–Kier alpha value is -2.60. The minimum absolute atomic E-state index is 0.193. The minimum Gasteiger partial charge on any atom is -0.481 e. The van der Waals surface area contributed by atoms with Crippen molar-refractivity contribution < 1.29 is 14.7 Å². The van der Waals surface area contributed by atoms with Crippen LogP contribution in [-0.2, 0) is 4.79 Å². The van der Waals surface area contributed by atoms with Crippen LogP contribution in [0.2, 0.25) is 0 Å². The second kappa shape index (κ2) is 7.11. The van der Waals surface area contributed by atoms with Gasteiger partial charge in [0, 0.05) is 15.4 Å². The number of carbonyl (C=O) groups excluding carboxylic acids is 1. The number of aryl methyl sites for hydroxylation is 1. The highest BCUT2D eigenvalue weighted by Gasteiger charge is 2.20. The van der Waals surface area contributed by atoms with Crippen molar-refractivity contribution in [3.63, 3.8) is 0 Å². The maximum Gasteiger partial charge on any atom is 0.305 e. The van der Waals surface area contributed by atoms with Gasteiger partial charge in [0.05, 0.1) is 12.5 Å². The van der Waals surface area contributed by atoms with Crippen LogP contribution < -0.4 is 5.32 Å². The van der Waals surface area contributed by atoms with Crippen molar-refractivity contribution >= 4 is 38.7 Å². The molecular weight excluding hydrogens is 384 g/mol. The van der Waals surface area contributed by atoms with Crippen LogP contribution in [0.1, 0.15) is 34.1 Å². The summed E-state index contributed by atoms with van der Waals surface area (Å²) in [5, 5.41) is 12.9. The largest absolute Gasteiger partial charge is 0.481 e. The molecule has 3 aromatic rings. The average molecular weight is 401 g/mol. The minimum atomic E-state index is -0.974. The zero-order valence-corrected chi connectivity index (χ0v) is 15.1. The quantitative estimate of drug-likeness (QED) is 0.600. The number of benzene rings is 2. The van der Waals surface area contributed by atoms with E-state index < -0.39 is 12.0 Å². The van der Waals surface area contributed by atoms with Gasteiger partial charge < -0.3 is 15.4 Å². The number of carboxylic acid groups (broad SMARTS) is 1. The number of hydrogen-bond donors (Lipinski definition) is 3. The fourth-order valence-electron chi connectivity index (χ4n) is 2.75. The third-order valence-corrected chi connectivity index (χ3v) is 4.45. The van der Waals surface area contributed by atoms with E-state index in [1.54, 1.807) is 12.1 Å². The lowest BCUT2D eigenvalue weighted by Crippen LogP contribution is -2.30. The van der Waals surface area contributed by atoms with Crippen molar-refractivity contribution in [1.82, 2.24) is 10.3 Å². The van der Waals surface area contributed by atoms with Crippen LogP contribution in [0.4, 0.5) is 0 Å². The van der Waals surface area contributed by atoms with Gasteiger partial charge in [0.25, 0.3) is 5.91 Å². The maximum absolute atomic E-state index is 12.6. The van der Waals surface area contributed by atoms with Gasteiger partial charge in [-0.2, -0.15) is 0 Å². The molecule has 0 spiro atoms. The lowest BCUT2D eigenvalue weighted by atomic mass is 10.0. The first-order valence-corrected chi connectivity index (χ1v) is 8.59. The van der Waals surface area contributed by atoms with E-state index in [1.165, 1.54) is 0 Å². The van der Waals surface area contributed by atoms with Crippen molar-refractivity contribution in [1.29, 1.82) is 0 Å². The molecule has 3 rings (SSSR count). The molecule has 6 heteroatoms. The molecule has 0 aliphatic rings. The number of H-pyrrole nitrogens is 1. The summed E-state index contributed by atoms with van der Waals surface area (Å²) in [5.41, 5.74) is 3.12. The number of carboxylic acids is 1. The van der Waals surface area contributed by atoms with Gasteiger partial charge in [-0.15, -0.1) is 0 Å². The summed E-state index contributed by atoms with van der Waals surface area (Å²) in [7, 11) is 0. The summed E-state index contributed by atoms with van der Waals surface area (Å²) in [6, 6.07) is 14.3. The van der Waals surface area contributed by atoms with E-state index in [0.29, 0.717) is 5.69 Å². The fourth-order valence-corrected chi connectivity index (χ4v) is 3.17. The van der Waals surface area contributed by atoms with Gasteiger partial charge in [-0.3, -0.25) is 9.59 Å². The molecule has 1 amide bonds. The number of nitrogens with one attached hydrogen (secondary N) is 2. The van der Waals surface area contributed by atoms with Gasteiger partial charge in [-0.05, 0) is 42.3 Å². The number of carbonyl (C=O) groups is 2. The highest BCUT2D eigenvalue weighted by molar-refractivity contribution is 9.10. The molecule has 3 N–H and O–H groups in total. The van der Waals surface area contributed by atoms with Crippen LogP contribution in [0.25, 0.3) is 10.9 Å². The van der Waals surface area contributed by atoms with Crippen molar-refractivity contribution in [3.05, 3.63) is 69.8 Å². The smallest absolute Gasteiger partial charge is 0.305 e. The molecule has 0 aliphatic heterocycles. The van der Waals surface area contributed by atoms with Crippen LogP contribution in [0.5, 0.6) is 0 Å². The zero-order chi connectivity index (χ0) is 18.0. The lowest BCUT2D eigenvalue weighted by Gasteiger charge is -2.17. The van der Waals surface area contributed by atoms with E-state index in [-0.39, 0.29) is 12.3 Å². The third-order valence-electron chi connectivity index (χ3n) is 3.96. The Morgan fingerprint density at radius 3 is 2.72 bits per heavy atom. The monoisotopic (exact) mass is 400 g/mol. The van der Waals surface area contributed by atoms with E-state index in [4.69, 9.17) is 0 Å². The number of fused-ring (bicyclic) bond motifs is 1. The topological polar surface area (TPSA) is 82.2 Å². The second-order valence-electron chi connectivity index (χ2n) is 5.95. The number of aromatic amines is 1. The van der Waals surface area contributed by atoms with E-state index in [1.807, 2.05) is 43.3 Å². The molecule has 0 saturated heterocycles. The Morgan fingerprint density at radius 2 is 2.00 bits per heavy atom. The van der Waals surface area contributed by atoms with Crippen molar-refractivity contribution in [2.75, 3.05) is 0 Å². The molecule has 0 fully saturated rings. The molecule has 25 heavy (non-hydrogen) atoms. The van der Waals surface area contributed by atoms with Gasteiger partial charge in [-0.1, -0.05) is 40.2 Å². The molecule has 0 aliphatic carbocycles. The molecule has 2 aromatic carbocycles. The Kier molecular flexibility index (Phi) is 4.90. The maximum atomic E-state index is 12.6. The summed E-state index contributed by atoms with van der Waals surface area (Å²) in [4.78, 5) is 26.9. The van der Waals surface area contributed by atoms with E-state index in [2.05, 4.69) is 26.2 Å². The normalized spacial score (nSPS) is 12.1. The molecule has 0 radical (unpaired) electrons. The first-order valence-electron chi connectivity index (χ1n) is 7.80. The SMILES string of the molecule is Cc1ccc2cc(C(=O)NC(CC(=O)O)c3cccc(Br)c3)[nH]c2c1. The van der Waals surface area contributed by atoms with Crippen LogP contribution in [0, 0.1) is 6.92 Å². The van der Waals surface area contributed by atoms with E-state index in [9.17, 15) is 14.7 Å². The molecular formula is C19H17BrN2O3. The van der Waals surface area contributed by atoms with Gasteiger partial charge in [0.1, 0.15) is 5.69 Å². The van der Waals surface area contributed by atoms with Crippen LogP contribution in [0.15, 0.2) is 53.0 Å². The van der Waals surface area contributed by atoms with Gasteiger partial charge >= 0.3 is 5.97 Å². The zero-order valence-electron chi connectivity index (χ0n) is 13.5. The van der Waals surface area contributed by atoms with E-state index in [0.717, 1.165) is 26.5 Å². The Bertz CT molecular complexity index is 949. The first-order chi connectivity index (χ1) is 11.9. The number of amides is 1. The number of aliphatic carboxylic acids is 1. The number of halogens is 1. The number of hydrogen-bond acceptors (Lipinski definition) is 2. The second-order valence-corrected chi connectivity index (χ2v) is 6.87. The first kappa shape index (κ1) is 17.2. The van der Waals surface area contributed by atoms with Crippen LogP contribution >= 0.6 is 15.9 Å². The Labute approximate surface area is 153 Å². The van der Waals surface area contributed by atoms with Gasteiger partial charge in [0.2, 0.25) is 0 Å². The predicted molar refractivity (Wildman–Crippen MR) is 99.6 cm³/mol. The highest BCUT2D eigenvalue weighted by atomic mass is 79.9. The van der Waals surface area contributed by atoms with Gasteiger partial charge in [0.15, 0.2) is 0 Å². The van der Waals surface area contributed by atoms with Crippen molar-refractivity contribution in [2.45, 2.75) is 19.4 Å². The average Bonchev–Trinajstić information content (AvgIpc) is 2.97. The fraction of sp³-hybridized carbons (Fsp3) is 0.158. The molecule has 1 unspecified atom stereocenters. The standard InChI is InChI=1S/C19H17BrN2O3/c1-11-5-6-13-9-17(21-15(13)7-11)19(25)22-16(10-18(23)24)12-3-2-4-14(20)8-12/h2-9,16,21H,10H2,1H3,(H,22,25)(H,23,24). The van der Waals surface area contributed by atoms with Crippen molar-refractivity contribution in [3.8, 4) is 0 Å². The molecule has 0 bridgehead atoms. The molecule has 1 atom stereocenters. The number of aromatic nitrogens is 1. The molecule has 1 heterocycles. The summed E-state index contributed by atoms with van der Waals surface area (Å²) < 4.78 is 0.829. The number of rotatable bonds is 5. The van der Waals surface area contributed by atoms with Crippen LogP contribution in [-0.4, -0.2) is 22.0 Å². The molecule has 128 valence electrons. The van der Waals surface area contributed by atoms with Gasteiger partial charge in [-0.25, -0.2) is 0 Å². The summed E-state index contributed by atoms with van der Waals surface area (Å²) in [5.74, 6) is -1.31. The summed E-state index contributed by atoms with van der Waals surface area (Å²) >= 11 is 3.37. The Morgan fingerprint density at radius 1 is 1.20 bits per heavy atom. The summed E-state index contributed by atoms with van der Waals surface area (Å²) in [6.07, 6.45) is -0.193. The highest BCUT2D eigenvalue weighted by Crippen LogP contribution is 2.22. The predicted octanol–water partition coefficient (Wildman–Crippen LogP) is 4.18. The third kappa shape index (κ3) is 4.09. The molecule has 1 aromatic heterocycles. The molecule has 0 saturated carbocycles. The lowest BCUT2D eigenvalue weighted by molar-refractivity contribution is -0.137. The van der Waals surface area contributed by atoms with Crippen molar-refractivity contribution in [2.24, 2.45) is 0 Å². The summed E-state index contributed by atoms with van der Waals surface area (Å²) in [6.45, 7) is 1.98. The van der Waals surface area contributed by atoms with E-state index >= 15 is 0 Å². The molecule has 5 nitrogen and oxygen atoms in total. The Balaban J connectivity index is 1.87. The van der Waals surface area contributed by atoms with Crippen LogP contribution in [0.3, 0.4) is 0 Å².